The molecule has 236 valence electrons. The quantitative estimate of drug-likeness (QED) is 0.233. The van der Waals surface area contributed by atoms with E-state index in [1.54, 1.807) is 30.4 Å². The topological polar surface area (TPSA) is 105 Å². The molecule has 8 nitrogen and oxygen atoms in total. The number of alkyl halides is 1. The predicted molar refractivity (Wildman–Crippen MR) is 177 cm³/mol. The number of benzene rings is 2. The first-order valence-electron chi connectivity index (χ1n) is 14.6. The summed E-state index contributed by atoms with van der Waals surface area (Å²) in [6.45, 7) is 3.59. The maximum Gasteiger partial charge on any atom is 0.305 e. The highest BCUT2D eigenvalue weighted by Gasteiger charge is 2.30. The van der Waals surface area contributed by atoms with Crippen LogP contribution in [0.2, 0.25) is 10.0 Å². The number of rotatable bonds is 9. The van der Waals surface area contributed by atoms with Crippen molar-refractivity contribution in [3.05, 3.63) is 98.2 Å². The summed E-state index contributed by atoms with van der Waals surface area (Å²) >= 11 is 25.4. The second-order valence-corrected chi connectivity index (χ2v) is 13.1. The smallest absolute Gasteiger partial charge is 0.305 e. The normalized spacial score (nSPS) is 18.7. The number of carbonyl (C=O) groups is 3. The Hall–Kier alpha value is -3.30. The van der Waals surface area contributed by atoms with Gasteiger partial charge in [0.15, 0.2) is 0 Å². The zero-order valence-corrected chi connectivity index (χ0v) is 27.5. The monoisotopic (exact) mass is 688 g/mol. The molecule has 0 radical (unpaired) electrons. The summed E-state index contributed by atoms with van der Waals surface area (Å²) in [6, 6.07) is 14.5. The average Bonchev–Trinajstić information content (AvgIpc) is 3.42. The first-order valence-corrected chi connectivity index (χ1v) is 16.2. The maximum absolute atomic E-state index is 13.3. The van der Waals surface area contributed by atoms with E-state index in [4.69, 9.17) is 56.6 Å². The van der Waals surface area contributed by atoms with Gasteiger partial charge in [-0.3, -0.25) is 19.1 Å². The van der Waals surface area contributed by atoms with Crippen molar-refractivity contribution in [2.24, 2.45) is 5.92 Å². The maximum atomic E-state index is 13.3. The Bertz CT molecular complexity index is 1640. The fourth-order valence-electron chi connectivity index (χ4n) is 5.54. The molecule has 1 aliphatic carbocycles. The molecule has 3 aromatic rings. The largest absolute Gasteiger partial charge is 0.481 e. The zero-order chi connectivity index (χ0) is 32.2. The van der Waals surface area contributed by atoms with Crippen LogP contribution in [0.5, 0.6) is 0 Å². The van der Waals surface area contributed by atoms with Gasteiger partial charge >= 0.3 is 5.97 Å². The summed E-state index contributed by atoms with van der Waals surface area (Å²) in [5, 5.41) is 17.6. The molecule has 2 aliphatic rings. The molecule has 12 heteroatoms. The summed E-state index contributed by atoms with van der Waals surface area (Å²) in [5.74, 6) is -1.26. The van der Waals surface area contributed by atoms with Crippen molar-refractivity contribution in [2.45, 2.75) is 44.0 Å². The highest BCUT2D eigenvalue weighted by Crippen LogP contribution is 2.35. The molecule has 1 saturated heterocycles. The Morgan fingerprint density at radius 3 is 2.29 bits per heavy atom. The van der Waals surface area contributed by atoms with Crippen LogP contribution < -0.4 is 5.32 Å². The lowest BCUT2D eigenvalue weighted by Crippen LogP contribution is -2.39. The van der Waals surface area contributed by atoms with Gasteiger partial charge in [-0.05, 0) is 60.9 Å². The third-order valence-corrected chi connectivity index (χ3v) is 9.53. The third kappa shape index (κ3) is 8.11. The molecule has 2 N–H and O–H groups in total. The molecular formula is C33H32Cl4N4O4. The first kappa shape index (κ1) is 33.1. The zero-order valence-electron chi connectivity index (χ0n) is 24.5. The van der Waals surface area contributed by atoms with Crippen molar-refractivity contribution < 1.29 is 19.5 Å². The highest BCUT2D eigenvalue weighted by atomic mass is 35.5. The number of aliphatic carboxylic acids is 1. The summed E-state index contributed by atoms with van der Waals surface area (Å²) in [4.78, 5) is 38.3. The molecule has 45 heavy (non-hydrogen) atoms. The average molecular weight is 690 g/mol. The molecule has 2 amide bonds. The second kappa shape index (κ2) is 14.4. The van der Waals surface area contributed by atoms with Gasteiger partial charge in [-0.1, -0.05) is 59.9 Å². The van der Waals surface area contributed by atoms with Crippen LogP contribution in [-0.4, -0.2) is 62.6 Å². The van der Waals surface area contributed by atoms with E-state index in [0.29, 0.717) is 45.8 Å². The summed E-state index contributed by atoms with van der Waals surface area (Å²) in [6.07, 6.45) is 4.86. The molecule has 1 fully saturated rings. The number of carboxylic acid groups (broad SMARTS) is 1. The molecule has 0 bridgehead atoms. The van der Waals surface area contributed by atoms with Gasteiger partial charge in [-0.2, -0.15) is 5.10 Å². The molecule has 2 aromatic carbocycles. The fraction of sp³-hybridized carbons (Fsp3) is 0.333. The molecule has 5 rings (SSSR count). The van der Waals surface area contributed by atoms with Gasteiger partial charge in [-0.25, -0.2) is 0 Å². The molecule has 1 aromatic heterocycles. The Kier molecular flexibility index (Phi) is 10.6. The molecule has 2 unspecified atom stereocenters. The Balaban J connectivity index is 1.34. The van der Waals surface area contributed by atoms with Crippen molar-refractivity contribution >= 4 is 64.2 Å². The van der Waals surface area contributed by atoms with Crippen molar-refractivity contribution in [1.29, 1.82) is 0 Å². The van der Waals surface area contributed by atoms with E-state index < -0.39 is 5.97 Å². The van der Waals surface area contributed by atoms with E-state index in [0.717, 1.165) is 35.4 Å². The van der Waals surface area contributed by atoms with Crippen LogP contribution in [0.15, 0.2) is 71.3 Å². The first-order chi connectivity index (χ1) is 21.5. The second-order valence-electron chi connectivity index (χ2n) is 11.3. The number of nitrogens with zero attached hydrogens (tertiary/aromatic N) is 3. The number of aromatic nitrogens is 2. The van der Waals surface area contributed by atoms with Crippen molar-refractivity contribution in [3.8, 4) is 11.3 Å². The van der Waals surface area contributed by atoms with E-state index in [-0.39, 0.29) is 42.0 Å². The number of likely N-dealkylation sites (tertiary alicyclic amines) is 1. The van der Waals surface area contributed by atoms with Crippen LogP contribution in [0, 0.1) is 5.92 Å². The molecule has 2 atom stereocenters. The summed E-state index contributed by atoms with van der Waals surface area (Å²) < 4.78 is 1.96. The number of hydrogen-bond donors (Lipinski definition) is 2. The molecule has 0 saturated carbocycles. The number of nitrogens with one attached hydrogen (secondary N) is 1. The number of amides is 2. The minimum atomic E-state index is -0.972. The number of carbonyl (C=O) groups excluding carboxylic acids is 2. The number of hydrogen-bond acceptors (Lipinski definition) is 4. The minimum absolute atomic E-state index is 0.0309. The van der Waals surface area contributed by atoms with Crippen LogP contribution in [0.25, 0.3) is 11.3 Å². The lowest BCUT2D eigenvalue weighted by molar-refractivity contribution is -0.136. The Labute approximate surface area is 281 Å². The lowest BCUT2D eigenvalue weighted by atomic mass is 9.91. The van der Waals surface area contributed by atoms with Crippen LogP contribution in [0.3, 0.4) is 0 Å². The third-order valence-electron chi connectivity index (χ3n) is 8.13. The van der Waals surface area contributed by atoms with Crippen LogP contribution in [0.4, 0.5) is 0 Å². The van der Waals surface area contributed by atoms with Gasteiger partial charge < -0.3 is 15.3 Å². The van der Waals surface area contributed by atoms with Gasteiger partial charge in [0.05, 0.1) is 24.0 Å². The van der Waals surface area contributed by atoms with Crippen LogP contribution >= 0.6 is 46.4 Å². The standard InChI is InChI=1S/C33H32Cl4N4O4/c1-19-27(36)14-24(15-28(19)37)33(45)40-10-7-21(8-11-40)30-17-29(23-12-25(34)16-26(35)13-23)39-41(30)18-20-2-4-22(5-3-20)32(44)38-9-6-31(42)43/h2-5,12-17,19,21,27H,6-11,18H2,1H3,(H,38,44)(H,42,43). The number of piperidine rings is 1. The Morgan fingerprint density at radius 1 is 1.00 bits per heavy atom. The van der Waals surface area contributed by atoms with Crippen LogP contribution in [0.1, 0.15) is 53.7 Å². The summed E-state index contributed by atoms with van der Waals surface area (Å²) in [5.41, 5.74) is 4.46. The predicted octanol–water partition coefficient (Wildman–Crippen LogP) is 7.12. The lowest BCUT2D eigenvalue weighted by Gasteiger charge is -2.33. The summed E-state index contributed by atoms with van der Waals surface area (Å²) in [7, 11) is 0. The van der Waals surface area contributed by atoms with E-state index in [1.165, 1.54) is 0 Å². The number of carboxylic acids is 1. The van der Waals surface area contributed by atoms with Gasteiger partial charge in [0, 0.05) is 68.9 Å². The molecule has 1 aliphatic heterocycles. The number of halogens is 4. The SMILES string of the molecule is CC1C(Cl)=CC(C(=O)N2CCC(c3cc(-c4cc(Cl)cc(Cl)c4)nn3Cc3ccc(C(=O)NCCC(=O)O)cc3)CC2)=CC1Cl. The molecule has 2 heterocycles. The molecule has 0 spiro atoms. The van der Waals surface area contributed by atoms with E-state index in [2.05, 4.69) is 11.4 Å². The highest BCUT2D eigenvalue weighted by molar-refractivity contribution is 6.35. The van der Waals surface area contributed by atoms with Crippen LogP contribution in [-0.2, 0) is 16.1 Å². The van der Waals surface area contributed by atoms with E-state index in [1.807, 2.05) is 40.8 Å². The number of allylic oxidation sites excluding steroid dienone is 2. The fourth-order valence-corrected chi connectivity index (χ4v) is 6.65. The Morgan fingerprint density at radius 2 is 1.67 bits per heavy atom. The van der Waals surface area contributed by atoms with Gasteiger partial charge in [0.2, 0.25) is 0 Å². The van der Waals surface area contributed by atoms with Gasteiger partial charge in [0.25, 0.3) is 11.8 Å². The van der Waals surface area contributed by atoms with Gasteiger partial charge in [-0.15, -0.1) is 11.6 Å². The van der Waals surface area contributed by atoms with E-state index >= 15 is 0 Å². The van der Waals surface area contributed by atoms with Gasteiger partial charge in [0.1, 0.15) is 0 Å². The van der Waals surface area contributed by atoms with Crippen molar-refractivity contribution in [1.82, 2.24) is 20.0 Å². The van der Waals surface area contributed by atoms with Crippen molar-refractivity contribution in [3.63, 3.8) is 0 Å². The van der Waals surface area contributed by atoms with Crippen molar-refractivity contribution in [2.75, 3.05) is 19.6 Å². The minimum Gasteiger partial charge on any atom is -0.481 e. The van der Waals surface area contributed by atoms with E-state index in [9.17, 15) is 14.4 Å². The molecular weight excluding hydrogens is 658 g/mol.